The minimum Gasteiger partial charge on any atom is -0.493 e. The quantitative estimate of drug-likeness (QED) is 0.469. The van der Waals surface area contributed by atoms with E-state index in [9.17, 15) is 9.59 Å². The molecule has 2 amide bonds. The molecule has 2 heterocycles. The Morgan fingerprint density at radius 3 is 2.29 bits per heavy atom. The standard InChI is InChI=1S/C26H26N2O6/c1-16(2)34-19-10-8-18(9-11-19)27-24-23(17-7-12-21(31-3)22(14-17)32-4)25(29)28(26(24)30)15-20-6-5-13-33-20/h5-14,16,27H,15H2,1-4H3. The van der Waals surface area contributed by atoms with Gasteiger partial charge in [0.15, 0.2) is 11.5 Å². The summed E-state index contributed by atoms with van der Waals surface area (Å²) in [6, 6.07) is 15.7. The SMILES string of the molecule is COc1ccc(C2=C(Nc3ccc(OC(C)C)cc3)C(=O)N(Cc3ccco3)C2=O)cc1OC. The molecule has 8 nitrogen and oxygen atoms in total. The van der Waals surface area contributed by atoms with Crippen LogP contribution in [0.3, 0.4) is 0 Å². The van der Waals surface area contributed by atoms with Crippen molar-refractivity contribution in [1.29, 1.82) is 0 Å². The van der Waals surface area contributed by atoms with E-state index < -0.39 is 11.8 Å². The van der Waals surface area contributed by atoms with Crippen LogP contribution in [-0.4, -0.2) is 37.0 Å². The number of furan rings is 1. The van der Waals surface area contributed by atoms with Crippen LogP contribution in [0.5, 0.6) is 17.2 Å². The average Bonchev–Trinajstić information content (AvgIpc) is 3.42. The summed E-state index contributed by atoms with van der Waals surface area (Å²) < 4.78 is 21.8. The van der Waals surface area contributed by atoms with Crippen LogP contribution >= 0.6 is 0 Å². The van der Waals surface area contributed by atoms with Gasteiger partial charge in [0.2, 0.25) is 0 Å². The number of carbonyl (C=O) groups is 2. The highest BCUT2D eigenvalue weighted by Gasteiger charge is 2.40. The summed E-state index contributed by atoms with van der Waals surface area (Å²) in [6.45, 7) is 3.92. The molecule has 0 radical (unpaired) electrons. The Balaban J connectivity index is 1.73. The summed E-state index contributed by atoms with van der Waals surface area (Å²) >= 11 is 0. The number of nitrogens with zero attached hydrogens (tertiary/aromatic N) is 1. The molecule has 3 aromatic rings. The van der Waals surface area contributed by atoms with Gasteiger partial charge in [0.05, 0.1) is 38.7 Å². The molecule has 0 fully saturated rings. The Labute approximate surface area is 197 Å². The largest absolute Gasteiger partial charge is 0.493 e. The maximum Gasteiger partial charge on any atom is 0.278 e. The van der Waals surface area contributed by atoms with Crippen LogP contribution in [-0.2, 0) is 16.1 Å². The van der Waals surface area contributed by atoms with E-state index in [1.165, 1.54) is 20.5 Å². The first kappa shape index (κ1) is 23.0. The zero-order valence-corrected chi connectivity index (χ0v) is 19.5. The van der Waals surface area contributed by atoms with E-state index in [0.717, 1.165) is 4.90 Å². The van der Waals surface area contributed by atoms with Gasteiger partial charge < -0.3 is 23.9 Å². The second kappa shape index (κ2) is 9.74. The van der Waals surface area contributed by atoms with Crippen molar-refractivity contribution in [2.75, 3.05) is 19.5 Å². The topological polar surface area (TPSA) is 90.2 Å². The van der Waals surface area contributed by atoms with Crippen LogP contribution in [0, 0.1) is 0 Å². The van der Waals surface area contributed by atoms with Crippen molar-refractivity contribution < 1.29 is 28.2 Å². The molecule has 8 heteroatoms. The fourth-order valence-corrected chi connectivity index (χ4v) is 3.69. The van der Waals surface area contributed by atoms with Gasteiger partial charge in [0.1, 0.15) is 17.2 Å². The van der Waals surface area contributed by atoms with Crippen LogP contribution in [0.25, 0.3) is 5.57 Å². The number of hydrogen-bond donors (Lipinski definition) is 1. The van der Waals surface area contributed by atoms with Gasteiger partial charge in [0.25, 0.3) is 11.8 Å². The highest BCUT2D eigenvalue weighted by atomic mass is 16.5. The van der Waals surface area contributed by atoms with E-state index >= 15 is 0 Å². The number of amides is 2. The third-order valence-electron chi connectivity index (χ3n) is 5.23. The van der Waals surface area contributed by atoms with Crippen molar-refractivity contribution in [3.05, 3.63) is 77.9 Å². The molecular formula is C26H26N2O6. The molecule has 0 saturated carbocycles. The molecular weight excluding hydrogens is 436 g/mol. The van der Waals surface area contributed by atoms with Crippen molar-refractivity contribution in [1.82, 2.24) is 4.90 Å². The van der Waals surface area contributed by atoms with Crippen molar-refractivity contribution in [3.63, 3.8) is 0 Å². The molecule has 1 aromatic heterocycles. The van der Waals surface area contributed by atoms with Crippen LogP contribution in [0.15, 0.2) is 71.0 Å². The number of nitrogens with one attached hydrogen (secondary N) is 1. The molecule has 1 aliphatic rings. The molecule has 0 bridgehead atoms. The minimum absolute atomic E-state index is 0.0216. The zero-order valence-electron chi connectivity index (χ0n) is 19.5. The van der Waals surface area contributed by atoms with Crippen molar-refractivity contribution >= 4 is 23.1 Å². The van der Waals surface area contributed by atoms with Gasteiger partial charge >= 0.3 is 0 Å². The molecule has 0 aliphatic carbocycles. The summed E-state index contributed by atoms with van der Waals surface area (Å²) in [4.78, 5) is 28.0. The first-order chi connectivity index (χ1) is 16.4. The molecule has 0 saturated heterocycles. The van der Waals surface area contributed by atoms with Crippen molar-refractivity contribution in [2.24, 2.45) is 0 Å². The number of ether oxygens (including phenoxy) is 3. The second-order valence-corrected chi connectivity index (χ2v) is 7.91. The summed E-state index contributed by atoms with van der Waals surface area (Å²) in [6.07, 6.45) is 1.55. The smallest absolute Gasteiger partial charge is 0.278 e. The van der Waals surface area contributed by atoms with Crippen LogP contribution in [0.1, 0.15) is 25.2 Å². The number of benzene rings is 2. The Kier molecular flexibility index (Phi) is 6.58. The third-order valence-corrected chi connectivity index (χ3v) is 5.23. The van der Waals surface area contributed by atoms with Gasteiger partial charge in [-0.1, -0.05) is 6.07 Å². The lowest BCUT2D eigenvalue weighted by Gasteiger charge is -2.14. The van der Waals surface area contributed by atoms with Gasteiger partial charge in [-0.25, -0.2) is 0 Å². The molecule has 1 N–H and O–H groups in total. The van der Waals surface area contributed by atoms with E-state index in [1.54, 1.807) is 54.6 Å². The number of imide groups is 1. The minimum atomic E-state index is -0.450. The highest BCUT2D eigenvalue weighted by Crippen LogP contribution is 2.36. The monoisotopic (exact) mass is 462 g/mol. The number of rotatable bonds is 9. The molecule has 34 heavy (non-hydrogen) atoms. The molecule has 176 valence electrons. The summed E-state index contributed by atoms with van der Waals surface area (Å²) in [7, 11) is 3.05. The fourth-order valence-electron chi connectivity index (χ4n) is 3.69. The van der Waals surface area contributed by atoms with E-state index in [1.807, 2.05) is 13.8 Å². The number of anilines is 1. The lowest BCUT2D eigenvalue weighted by molar-refractivity contribution is -0.137. The first-order valence-electron chi connectivity index (χ1n) is 10.8. The lowest BCUT2D eigenvalue weighted by Crippen LogP contribution is -2.31. The average molecular weight is 463 g/mol. The fraction of sp³-hybridized carbons (Fsp3) is 0.231. The predicted molar refractivity (Wildman–Crippen MR) is 127 cm³/mol. The van der Waals surface area contributed by atoms with E-state index in [0.29, 0.717) is 34.3 Å². The van der Waals surface area contributed by atoms with Gasteiger partial charge in [-0.3, -0.25) is 14.5 Å². The number of hydrogen-bond acceptors (Lipinski definition) is 7. The second-order valence-electron chi connectivity index (χ2n) is 7.91. The van der Waals surface area contributed by atoms with Gasteiger partial charge in [-0.2, -0.15) is 0 Å². The molecule has 2 aromatic carbocycles. The lowest BCUT2D eigenvalue weighted by atomic mass is 10.0. The predicted octanol–water partition coefficient (Wildman–Crippen LogP) is 4.48. The molecule has 0 unspecified atom stereocenters. The summed E-state index contributed by atoms with van der Waals surface area (Å²) in [5.74, 6) is 1.30. The van der Waals surface area contributed by atoms with Crippen molar-refractivity contribution in [2.45, 2.75) is 26.5 Å². The first-order valence-corrected chi connectivity index (χ1v) is 10.8. The third kappa shape index (κ3) is 4.61. The van der Waals surface area contributed by atoms with E-state index in [4.69, 9.17) is 18.6 Å². The maximum atomic E-state index is 13.4. The Bertz CT molecular complexity index is 1210. The summed E-state index contributed by atoms with van der Waals surface area (Å²) in [5.41, 5.74) is 1.58. The van der Waals surface area contributed by atoms with Gasteiger partial charge in [0, 0.05) is 5.69 Å². The van der Waals surface area contributed by atoms with E-state index in [-0.39, 0.29) is 23.9 Å². The Morgan fingerprint density at radius 1 is 0.941 bits per heavy atom. The molecule has 4 rings (SSSR count). The van der Waals surface area contributed by atoms with E-state index in [2.05, 4.69) is 5.32 Å². The number of methoxy groups -OCH3 is 2. The Hall–Kier alpha value is -4.20. The zero-order chi connectivity index (χ0) is 24.2. The normalized spacial score (nSPS) is 13.6. The van der Waals surface area contributed by atoms with Crippen molar-refractivity contribution in [3.8, 4) is 17.2 Å². The van der Waals surface area contributed by atoms with Crippen LogP contribution < -0.4 is 19.5 Å². The molecule has 1 aliphatic heterocycles. The summed E-state index contributed by atoms with van der Waals surface area (Å²) in [5, 5.41) is 3.14. The van der Waals surface area contributed by atoms with Crippen LogP contribution in [0.4, 0.5) is 5.69 Å². The maximum absolute atomic E-state index is 13.4. The highest BCUT2D eigenvalue weighted by molar-refractivity contribution is 6.36. The van der Waals surface area contributed by atoms with Gasteiger partial charge in [-0.05, 0) is 67.9 Å². The molecule has 0 spiro atoms. The van der Waals surface area contributed by atoms with Crippen LogP contribution in [0.2, 0.25) is 0 Å². The van der Waals surface area contributed by atoms with Gasteiger partial charge in [-0.15, -0.1) is 0 Å². The molecule has 0 atom stereocenters. The Morgan fingerprint density at radius 2 is 1.68 bits per heavy atom. The number of carbonyl (C=O) groups excluding carboxylic acids is 2.